The zero-order chi connectivity index (χ0) is 11.2. The molecule has 0 aliphatic heterocycles. The van der Waals surface area contributed by atoms with E-state index in [-0.39, 0.29) is 22.1 Å². The van der Waals surface area contributed by atoms with Gasteiger partial charge in [0.05, 0.1) is 4.92 Å². The van der Waals surface area contributed by atoms with Crippen LogP contribution in [0.5, 0.6) is 0 Å². The third kappa shape index (κ3) is 1.32. The molecule has 2 rings (SSSR count). The van der Waals surface area contributed by atoms with Crippen molar-refractivity contribution in [1.29, 1.82) is 0 Å². The lowest BCUT2D eigenvalue weighted by atomic mass is 9.93. The molecule has 1 aliphatic carbocycles. The van der Waals surface area contributed by atoms with Crippen LogP contribution in [0.4, 0.5) is 5.69 Å². The van der Waals surface area contributed by atoms with E-state index < -0.39 is 0 Å². The first-order chi connectivity index (χ1) is 6.99. The summed E-state index contributed by atoms with van der Waals surface area (Å²) in [6.07, 6.45) is 3.12. The summed E-state index contributed by atoms with van der Waals surface area (Å²) in [6, 6.07) is -0.0772. The summed E-state index contributed by atoms with van der Waals surface area (Å²) in [7, 11) is 1.73. The second-order valence-electron chi connectivity index (χ2n) is 4.20. The summed E-state index contributed by atoms with van der Waals surface area (Å²) in [4.78, 5) is 10.5. The van der Waals surface area contributed by atoms with E-state index in [0.717, 1.165) is 12.8 Å². The summed E-state index contributed by atoms with van der Waals surface area (Å²) in [5.41, 5.74) is 6.43. The monoisotopic (exact) mass is 210 g/mol. The number of rotatable bonds is 3. The second kappa shape index (κ2) is 3.03. The lowest BCUT2D eigenvalue weighted by Crippen LogP contribution is -2.33. The van der Waals surface area contributed by atoms with Crippen molar-refractivity contribution in [2.45, 2.75) is 31.2 Å². The van der Waals surface area contributed by atoms with E-state index in [1.165, 1.54) is 6.20 Å². The summed E-state index contributed by atoms with van der Waals surface area (Å²) in [6.45, 7) is 1.89. The van der Waals surface area contributed by atoms with Gasteiger partial charge in [0, 0.05) is 18.5 Å². The minimum absolute atomic E-state index is 0.0772. The van der Waals surface area contributed by atoms with Crippen molar-refractivity contribution < 1.29 is 4.92 Å². The van der Waals surface area contributed by atoms with Crippen LogP contribution in [0, 0.1) is 10.1 Å². The van der Waals surface area contributed by atoms with E-state index in [0.29, 0.717) is 5.69 Å². The Kier molecular flexibility index (Phi) is 2.04. The lowest BCUT2D eigenvalue weighted by Gasteiger charge is -2.18. The first kappa shape index (κ1) is 10.1. The number of hydrogen-bond donors (Lipinski definition) is 1. The average molecular weight is 210 g/mol. The van der Waals surface area contributed by atoms with E-state index in [4.69, 9.17) is 5.73 Å². The fraction of sp³-hybridized carbons (Fsp3) is 0.667. The molecule has 1 heterocycles. The molecule has 15 heavy (non-hydrogen) atoms. The highest BCUT2D eigenvalue weighted by Gasteiger charge is 2.53. The lowest BCUT2D eigenvalue weighted by molar-refractivity contribution is -0.386. The zero-order valence-corrected chi connectivity index (χ0v) is 8.80. The van der Waals surface area contributed by atoms with E-state index in [2.05, 4.69) is 5.10 Å². The molecule has 1 unspecified atom stereocenters. The van der Waals surface area contributed by atoms with Gasteiger partial charge >= 0.3 is 5.69 Å². The second-order valence-corrected chi connectivity index (χ2v) is 4.20. The maximum Gasteiger partial charge on any atom is 0.310 e. The Balaban J connectivity index is 2.52. The van der Waals surface area contributed by atoms with Crippen molar-refractivity contribution in [2.75, 3.05) is 0 Å². The number of nitro groups is 1. The molecule has 0 spiro atoms. The molecule has 1 aromatic rings. The summed E-state index contributed by atoms with van der Waals surface area (Å²) < 4.78 is 1.58. The van der Waals surface area contributed by atoms with Crippen LogP contribution in [0.1, 0.15) is 25.5 Å². The fourth-order valence-corrected chi connectivity index (χ4v) is 2.18. The van der Waals surface area contributed by atoms with Gasteiger partial charge in [0.25, 0.3) is 0 Å². The van der Waals surface area contributed by atoms with Crippen LogP contribution in [0.25, 0.3) is 0 Å². The van der Waals surface area contributed by atoms with E-state index in [1.54, 1.807) is 11.7 Å². The topological polar surface area (TPSA) is 87.0 Å². The maximum atomic E-state index is 10.8. The van der Waals surface area contributed by atoms with Gasteiger partial charge in [-0.1, -0.05) is 0 Å². The van der Waals surface area contributed by atoms with Crippen molar-refractivity contribution >= 4 is 5.69 Å². The number of aryl methyl sites for hydroxylation is 1. The van der Waals surface area contributed by atoms with Crippen LogP contribution in [0.2, 0.25) is 0 Å². The molecule has 1 aromatic heterocycles. The largest absolute Gasteiger partial charge is 0.327 e. The van der Waals surface area contributed by atoms with E-state index >= 15 is 0 Å². The SMILES string of the molecule is CC(N)C1(c2c([N+](=O)[O-])cnn2C)CC1. The summed E-state index contributed by atoms with van der Waals surface area (Å²) in [5, 5.41) is 14.8. The smallest absolute Gasteiger partial charge is 0.310 e. The number of nitrogens with zero attached hydrogens (tertiary/aromatic N) is 3. The van der Waals surface area contributed by atoms with E-state index in [9.17, 15) is 10.1 Å². The van der Waals surface area contributed by atoms with Crippen LogP contribution in [-0.2, 0) is 12.5 Å². The van der Waals surface area contributed by atoms with Crippen LogP contribution >= 0.6 is 0 Å². The van der Waals surface area contributed by atoms with Gasteiger partial charge < -0.3 is 5.73 Å². The van der Waals surface area contributed by atoms with Crippen LogP contribution in [-0.4, -0.2) is 20.7 Å². The Morgan fingerprint density at radius 3 is 2.73 bits per heavy atom. The Morgan fingerprint density at radius 1 is 1.73 bits per heavy atom. The van der Waals surface area contributed by atoms with Crippen molar-refractivity contribution in [1.82, 2.24) is 9.78 Å². The molecule has 6 nitrogen and oxygen atoms in total. The number of aromatic nitrogens is 2. The van der Waals surface area contributed by atoms with Gasteiger partial charge in [-0.05, 0) is 19.8 Å². The Bertz CT molecular complexity index is 406. The summed E-state index contributed by atoms with van der Waals surface area (Å²) in [5.74, 6) is 0. The van der Waals surface area contributed by atoms with E-state index in [1.807, 2.05) is 6.92 Å². The Morgan fingerprint density at radius 2 is 2.33 bits per heavy atom. The highest BCUT2D eigenvalue weighted by molar-refractivity contribution is 5.44. The molecule has 1 saturated carbocycles. The minimum atomic E-state index is -0.384. The van der Waals surface area contributed by atoms with Gasteiger partial charge in [-0.15, -0.1) is 0 Å². The average Bonchev–Trinajstić information content (AvgIpc) is 2.85. The molecule has 0 radical (unpaired) electrons. The molecule has 6 heteroatoms. The fourth-order valence-electron chi connectivity index (χ4n) is 2.18. The molecule has 1 fully saturated rings. The van der Waals surface area contributed by atoms with Gasteiger partial charge in [0.1, 0.15) is 11.9 Å². The highest BCUT2D eigenvalue weighted by atomic mass is 16.6. The normalized spacial score (nSPS) is 19.9. The van der Waals surface area contributed by atoms with Crippen molar-refractivity contribution in [3.8, 4) is 0 Å². The number of nitrogens with two attached hydrogens (primary N) is 1. The minimum Gasteiger partial charge on any atom is -0.327 e. The Hall–Kier alpha value is -1.43. The predicted molar refractivity (Wildman–Crippen MR) is 54.4 cm³/mol. The molecule has 2 N–H and O–H groups in total. The first-order valence-corrected chi connectivity index (χ1v) is 4.91. The molecule has 0 amide bonds. The summed E-state index contributed by atoms with van der Waals surface area (Å²) >= 11 is 0. The van der Waals surface area contributed by atoms with Crippen LogP contribution < -0.4 is 5.73 Å². The maximum absolute atomic E-state index is 10.8. The third-order valence-electron chi connectivity index (χ3n) is 3.25. The Labute approximate surface area is 87.2 Å². The molecular weight excluding hydrogens is 196 g/mol. The standard InChI is InChI=1S/C9H14N4O2/c1-6(10)9(3-4-9)8-7(13(14)15)5-11-12(8)2/h5-6H,3-4,10H2,1-2H3. The van der Waals surface area contributed by atoms with Crippen molar-refractivity contribution in [3.05, 3.63) is 22.0 Å². The highest BCUT2D eigenvalue weighted by Crippen LogP contribution is 2.52. The molecule has 0 aromatic carbocycles. The van der Waals surface area contributed by atoms with Gasteiger partial charge in [0.15, 0.2) is 0 Å². The van der Waals surface area contributed by atoms with Gasteiger partial charge in [0.2, 0.25) is 0 Å². The molecule has 1 aliphatic rings. The molecule has 0 saturated heterocycles. The van der Waals surface area contributed by atoms with Crippen molar-refractivity contribution in [3.63, 3.8) is 0 Å². The van der Waals surface area contributed by atoms with Gasteiger partial charge in [-0.2, -0.15) is 5.10 Å². The van der Waals surface area contributed by atoms with Crippen LogP contribution in [0.3, 0.4) is 0 Å². The molecule has 0 bridgehead atoms. The number of hydrogen-bond acceptors (Lipinski definition) is 4. The quantitative estimate of drug-likeness (QED) is 0.587. The predicted octanol–water partition coefficient (Wildman–Crippen LogP) is 0.707. The molecule has 1 atom stereocenters. The van der Waals surface area contributed by atoms with Crippen LogP contribution in [0.15, 0.2) is 6.20 Å². The molecular formula is C9H14N4O2. The third-order valence-corrected chi connectivity index (χ3v) is 3.25. The van der Waals surface area contributed by atoms with Gasteiger partial charge in [-0.25, -0.2) is 0 Å². The zero-order valence-electron chi connectivity index (χ0n) is 8.80. The molecule has 82 valence electrons. The first-order valence-electron chi connectivity index (χ1n) is 4.91. The van der Waals surface area contributed by atoms with Gasteiger partial charge in [-0.3, -0.25) is 14.8 Å². The van der Waals surface area contributed by atoms with Crippen molar-refractivity contribution in [2.24, 2.45) is 12.8 Å².